The predicted molar refractivity (Wildman–Crippen MR) is 105 cm³/mol. The third-order valence-electron chi connectivity index (χ3n) is 4.13. The van der Waals surface area contributed by atoms with Crippen molar-refractivity contribution < 1.29 is 13.2 Å². The molecule has 0 bridgehead atoms. The molecule has 28 heavy (non-hydrogen) atoms. The molecule has 9 heteroatoms. The second kappa shape index (κ2) is 7.17. The van der Waals surface area contributed by atoms with Crippen molar-refractivity contribution in [1.29, 1.82) is 5.26 Å². The minimum absolute atomic E-state index is 0.0863. The lowest BCUT2D eigenvalue weighted by Crippen LogP contribution is -2.14. The summed E-state index contributed by atoms with van der Waals surface area (Å²) in [5.74, 6) is -0.271. The topological polar surface area (TPSA) is 131 Å². The number of nitrogen functional groups attached to an aromatic ring is 1. The number of hydrogen-bond acceptors (Lipinski definition) is 6. The van der Waals surface area contributed by atoms with E-state index in [4.69, 9.17) is 11.0 Å². The minimum Gasteiger partial charge on any atom is -0.381 e. The van der Waals surface area contributed by atoms with Crippen molar-refractivity contribution in [2.75, 3.05) is 17.3 Å². The number of carbonyl (C=O) groups is 1. The fourth-order valence-corrected chi connectivity index (χ4v) is 3.23. The normalized spacial score (nSPS) is 11.0. The summed E-state index contributed by atoms with van der Waals surface area (Å²) in [5.41, 5.74) is 8.07. The standard InChI is InChI=1S/C19H17N5O3S/c1-12-3-8-16(28(2,26)27)9-17(12)19(25)22-14-4-6-15(7-5-14)24-11-13(10-20)18(21)23-24/h3-9,11H,1-2H3,(H2,21,23)(H,22,25). The van der Waals surface area contributed by atoms with Crippen LogP contribution in [0, 0.1) is 18.3 Å². The third-order valence-corrected chi connectivity index (χ3v) is 5.25. The number of carbonyl (C=O) groups excluding carboxylic acids is 1. The molecule has 0 aliphatic heterocycles. The Morgan fingerprint density at radius 3 is 2.46 bits per heavy atom. The molecule has 0 fully saturated rings. The summed E-state index contributed by atoms with van der Waals surface area (Å²) >= 11 is 0. The molecule has 0 atom stereocenters. The number of sulfone groups is 1. The quantitative estimate of drug-likeness (QED) is 0.697. The maximum absolute atomic E-state index is 12.6. The number of amides is 1. The molecule has 0 saturated heterocycles. The lowest BCUT2D eigenvalue weighted by atomic mass is 10.1. The van der Waals surface area contributed by atoms with Crippen molar-refractivity contribution in [2.24, 2.45) is 0 Å². The number of nitrogens with two attached hydrogens (primary N) is 1. The van der Waals surface area contributed by atoms with Crippen LogP contribution in [0.25, 0.3) is 5.69 Å². The van der Waals surface area contributed by atoms with Crippen LogP contribution in [0.2, 0.25) is 0 Å². The SMILES string of the molecule is Cc1ccc(S(C)(=O)=O)cc1C(=O)Nc1ccc(-n2cc(C#N)c(N)n2)cc1. The minimum atomic E-state index is -3.41. The van der Waals surface area contributed by atoms with Gasteiger partial charge in [0.1, 0.15) is 11.6 Å². The van der Waals surface area contributed by atoms with E-state index in [1.807, 2.05) is 6.07 Å². The van der Waals surface area contributed by atoms with E-state index in [1.54, 1.807) is 37.3 Å². The van der Waals surface area contributed by atoms with Crippen LogP contribution in [-0.2, 0) is 9.84 Å². The summed E-state index contributed by atoms with van der Waals surface area (Å²) in [6.07, 6.45) is 2.61. The number of benzene rings is 2. The van der Waals surface area contributed by atoms with Crippen molar-refractivity contribution >= 4 is 27.2 Å². The number of nitriles is 1. The largest absolute Gasteiger partial charge is 0.381 e. The highest BCUT2D eigenvalue weighted by Gasteiger charge is 2.15. The van der Waals surface area contributed by atoms with Crippen LogP contribution in [0.15, 0.2) is 53.6 Å². The number of aryl methyl sites for hydroxylation is 1. The molecule has 1 amide bonds. The van der Waals surface area contributed by atoms with Gasteiger partial charge >= 0.3 is 0 Å². The molecule has 0 aliphatic carbocycles. The van der Waals surface area contributed by atoms with Gasteiger partial charge in [-0.2, -0.15) is 5.26 Å². The average Bonchev–Trinajstić information content (AvgIpc) is 3.02. The third kappa shape index (κ3) is 3.87. The number of hydrogen-bond donors (Lipinski definition) is 2. The van der Waals surface area contributed by atoms with Gasteiger partial charge in [0.2, 0.25) is 0 Å². The van der Waals surface area contributed by atoms with Crippen LogP contribution in [-0.4, -0.2) is 30.4 Å². The Morgan fingerprint density at radius 2 is 1.89 bits per heavy atom. The predicted octanol–water partition coefficient (Wildman–Crippen LogP) is 2.29. The molecule has 0 unspecified atom stereocenters. The second-order valence-corrected chi connectivity index (χ2v) is 8.25. The lowest BCUT2D eigenvalue weighted by Gasteiger charge is -2.10. The number of rotatable bonds is 4. The highest BCUT2D eigenvalue weighted by atomic mass is 32.2. The molecule has 8 nitrogen and oxygen atoms in total. The van der Waals surface area contributed by atoms with E-state index in [-0.39, 0.29) is 21.8 Å². The number of nitrogens with one attached hydrogen (secondary N) is 1. The van der Waals surface area contributed by atoms with Gasteiger partial charge < -0.3 is 11.1 Å². The molecule has 1 aromatic heterocycles. The van der Waals surface area contributed by atoms with Gasteiger partial charge in [-0.3, -0.25) is 4.79 Å². The summed E-state index contributed by atoms with van der Waals surface area (Å²) in [4.78, 5) is 12.7. The lowest BCUT2D eigenvalue weighted by molar-refractivity contribution is 0.102. The molecular formula is C19H17N5O3S. The summed E-state index contributed by atoms with van der Waals surface area (Å²) in [6, 6.07) is 13.2. The van der Waals surface area contributed by atoms with E-state index < -0.39 is 15.7 Å². The highest BCUT2D eigenvalue weighted by molar-refractivity contribution is 7.90. The van der Waals surface area contributed by atoms with Gasteiger partial charge in [-0.25, -0.2) is 13.1 Å². The fourth-order valence-electron chi connectivity index (χ4n) is 2.58. The van der Waals surface area contributed by atoms with Crippen LogP contribution in [0.3, 0.4) is 0 Å². The zero-order chi connectivity index (χ0) is 20.5. The van der Waals surface area contributed by atoms with E-state index in [9.17, 15) is 13.2 Å². The average molecular weight is 395 g/mol. The number of anilines is 2. The maximum atomic E-state index is 12.6. The van der Waals surface area contributed by atoms with Crippen LogP contribution >= 0.6 is 0 Å². The number of aromatic nitrogens is 2. The maximum Gasteiger partial charge on any atom is 0.255 e. The van der Waals surface area contributed by atoms with Crippen molar-refractivity contribution in [2.45, 2.75) is 11.8 Å². The number of nitrogens with zero attached hydrogens (tertiary/aromatic N) is 3. The van der Waals surface area contributed by atoms with Gasteiger partial charge in [0.15, 0.2) is 15.7 Å². The van der Waals surface area contributed by atoms with Crippen LogP contribution < -0.4 is 11.1 Å². The van der Waals surface area contributed by atoms with Gasteiger partial charge in [0, 0.05) is 17.5 Å². The second-order valence-electron chi connectivity index (χ2n) is 6.23. The van der Waals surface area contributed by atoms with Crippen molar-refractivity contribution in [3.05, 3.63) is 65.4 Å². The highest BCUT2D eigenvalue weighted by Crippen LogP contribution is 2.19. The fraction of sp³-hybridized carbons (Fsp3) is 0.105. The summed E-state index contributed by atoms with van der Waals surface area (Å²) in [5, 5.41) is 15.8. The molecule has 2 aromatic carbocycles. The van der Waals surface area contributed by atoms with Crippen molar-refractivity contribution in [1.82, 2.24) is 9.78 Å². The Kier molecular flexibility index (Phi) is 4.90. The van der Waals surface area contributed by atoms with E-state index >= 15 is 0 Å². The smallest absolute Gasteiger partial charge is 0.255 e. The van der Waals surface area contributed by atoms with Gasteiger partial charge in [0.25, 0.3) is 5.91 Å². The first kappa shape index (κ1) is 19.1. The first-order valence-electron chi connectivity index (χ1n) is 8.17. The van der Waals surface area contributed by atoms with Crippen molar-refractivity contribution in [3.8, 4) is 11.8 Å². The van der Waals surface area contributed by atoms with Gasteiger partial charge in [-0.15, -0.1) is 5.10 Å². The van der Waals surface area contributed by atoms with Crippen LogP contribution in [0.4, 0.5) is 11.5 Å². The summed E-state index contributed by atoms with van der Waals surface area (Å²) < 4.78 is 24.9. The monoisotopic (exact) mass is 395 g/mol. The van der Waals surface area contributed by atoms with E-state index in [1.165, 1.54) is 23.0 Å². The van der Waals surface area contributed by atoms with E-state index in [0.717, 1.165) is 6.26 Å². The van der Waals surface area contributed by atoms with E-state index in [0.29, 0.717) is 16.9 Å². The molecule has 1 heterocycles. The Morgan fingerprint density at radius 1 is 1.21 bits per heavy atom. The van der Waals surface area contributed by atoms with Crippen LogP contribution in [0.5, 0.6) is 0 Å². The van der Waals surface area contributed by atoms with E-state index in [2.05, 4.69) is 10.4 Å². The Bertz CT molecular complexity index is 1210. The summed E-state index contributed by atoms with van der Waals surface area (Å²) in [7, 11) is -3.41. The van der Waals surface area contributed by atoms with Gasteiger partial charge in [-0.1, -0.05) is 6.07 Å². The first-order valence-corrected chi connectivity index (χ1v) is 10.1. The van der Waals surface area contributed by atoms with Gasteiger partial charge in [-0.05, 0) is 48.9 Å². The Balaban J connectivity index is 1.83. The molecule has 0 spiro atoms. The molecule has 0 aliphatic rings. The van der Waals surface area contributed by atoms with Crippen molar-refractivity contribution in [3.63, 3.8) is 0 Å². The van der Waals surface area contributed by atoms with Crippen LogP contribution in [0.1, 0.15) is 21.5 Å². The molecule has 3 N–H and O–H groups in total. The first-order chi connectivity index (χ1) is 13.2. The molecule has 3 aromatic rings. The zero-order valence-electron chi connectivity index (χ0n) is 15.2. The molecule has 142 valence electrons. The summed E-state index contributed by atoms with van der Waals surface area (Å²) in [6.45, 7) is 1.74. The van der Waals surface area contributed by atoms with Gasteiger partial charge in [0.05, 0.1) is 16.8 Å². The molecular weight excluding hydrogens is 378 g/mol. The Labute approximate surface area is 162 Å². The molecule has 0 radical (unpaired) electrons. The molecule has 0 saturated carbocycles. The molecule has 3 rings (SSSR count). The Hall–Kier alpha value is -3.64. The zero-order valence-corrected chi connectivity index (χ0v) is 16.0.